The maximum Gasteiger partial charge on any atom is 0.247 e. The molecule has 0 bridgehead atoms. The van der Waals surface area contributed by atoms with Gasteiger partial charge in [-0.2, -0.15) is 5.10 Å². The van der Waals surface area contributed by atoms with Gasteiger partial charge in [-0.05, 0) is 55.3 Å². The molecule has 1 amide bonds. The highest BCUT2D eigenvalue weighted by Gasteiger charge is 2.43. The number of hydrazone groups is 1. The predicted octanol–water partition coefficient (Wildman–Crippen LogP) is 4.77. The molecule has 3 aromatic rings. The van der Waals surface area contributed by atoms with Gasteiger partial charge in [-0.15, -0.1) is 11.3 Å². The number of allylic oxidation sites excluding steroid dienone is 2. The topological polar surface area (TPSA) is 61.7 Å². The molecule has 0 spiro atoms. The predicted molar refractivity (Wildman–Crippen MR) is 128 cm³/mol. The van der Waals surface area contributed by atoms with E-state index in [1.165, 1.54) is 6.07 Å². The molecule has 2 atom stereocenters. The maximum atomic E-state index is 14.0. The first-order chi connectivity index (χ1) is 16.6. The van der Waals surface area contributed by atoms with Crippen LogP contribution in [0.4, 0.5) is 14.6 Å². The Balaban J connectivity index is 1.28. The highest BCUT2D eigenvalue weighted by atomic mass is 32.1. The number of halogens is 2. The van der Waals surface area contributed by atoms with Gasteiger partial charge < -0.3 is 4.90 Å². The summed E-state index contributed by atoms with van der Waals surface area (Å²) in [5, 5.41) is 8.44. The first-order valence-electron chi connectivity index (χ1n) is 11.6. The van der Waals surface area contributed by atoms with Crippen molar-refractivity contribution in [3.63, 3.8) is 0 Å². The molecular formula is C25H23F2N5OS. The van der Waals surface area contributed by atoms with Crippen molar-refractivity contribution < 1.29 is 13.6 Å². The molecule has 6 nitrogen and oxygen atoms in total. The van der Waals surface area contributed by atoms with Crippen LogP contribution in [0.15, 0.2) is 53.2 Å². The van der Waals surface area contributed by atoms with Gasteiger partial charge in [0.05, 0.1) is 27.9 Å². The lowest BCUT2D eigenvalue weighted by molar-refractivity contribution is -0.140. The number of aromatic nitrogens is 2. The molecule has 0 N–H and O–H groups in total. The van der Waals surface area contributed by atoms with Crippen LogP contribution in [0.5, 0.6) is 0 Å². The average Bonchev–Trinajstić information content (AvgIpc) is 3.36. The molecule has 9 heteroatoms. The number of benzene rings is 1. The average molecular weight is 480 g/mol. The van der Waals surface area contributed by atoms with E-state index in [9.17, 15) is 13.6 Å². The van der Waals surface area contributed by atoms with Crippen LogP contribution in [-0.2, 0) is 4.79 Å². The quantitative estimate of drug-likeness (QED) is 0.508. The van der Waals surface area contributed by atoms with E-state index < -0.39 is 11.6 Å². The van der Waals surface area contributed by atoms with Crippen LogP contribution >= 0.6 is 11.3 Å². The van der Waals surface area contributed by atoms with Gasteiger partial charge in [0.15, 0.2) is 11.6 Å². The number of hydrogen-bond acceptors (Lipinski definition) is 6. The molecule has 174 valence electrons. The number of nitrogens with zero attached hydrogens (tertiary/aromatic N) is 5. The Morgan fingerprint density at radius 2 is 1.76 bits per heavy atom. The van der Waals surface area contributed by atoms with E-state index in [1.807, 2.05) is 23.6 Å². The molecule has 1 fully saturated rings. The Morgan fingerprint density at radius 1 is 0.971 bits per heavy atom. The van der Waals surface area contributed by atoms with Crippen molar-refractivity contribution in [2.45, 2.75) is 31.7 Å². The van der Waals surface area contributed by atoms with E-state index in [2.05, 4.69) is 14.9 Å². The van der Waals surface area contributed by atoms with Gasteiger partial charge in [0.2, 0.25) is 5.91 Å². The Labute approximate surface area is 199 Å². The number of amides is 1. The zero-order valence-corrected chi connectivity index (χ0v) is 19.2. The lowest BCUT2D eigenvalue weighted by Crippen LogP contribution is -2.52. The molecule has 0 saturated carbocycles. The normalized spacial score (nSPS) is 23.4. The van der Waals surface area contributed by atoms with E-state index in [0.717, 1.165) is 48.0 Å². The monoisotopic (exact) mass is 479 g/mol. The maximum absolute atomic E-state index is 14.0. The van der Waals surface area contributed by atoms with Gasteiger partial charge in [-0.1, -0.05) is 12.2 Å². The minimum atomic E-state index is -0.899. The Bertz CT molecular complexity index is 1310. The van der Waals surface area contributed by atoms with Crippen molar-refractivity contribution in [1.29, 1.82) is 0 Å². The van der Waals surface area contributed by atoms with Crippen LogP contribution in [-0.4, -0.2) is 45.7 Å². The molecule has 1 saturated heterocycles. The molecule has 1 aliphatic carbocycles. The zero-order chi connectivity index (χ0) is 23.2. The molecule has 4 heterocycles. The van der Waals surface area contributed by atoms with Crippen molar-refractivity contribution >= 4 is 39.0 Å². The third-order valence-corrected chi connectivity index (χ3v) is 7.99. The minimum Gasteiger partial charge on any atom is -0.355 e. The third kappa shape index (κ3) is 3.58. The van der Waals surface area contributed by atoms with Crippen molar-refractivity contribution in [1.82, 2.24) is 15.0 Å². The van der Waals surface area contributed by atoms with Crippen molar-refractivity contribution in [2.75, 3.05) is 18.0 Å². The molecule has 2 aromatic heterocycles. The summed E-state index contributed by atoms with van der Waals surface area (Å²) in [5.41, 5.74) is 2.16. The van der Waals surface area contributed by atoms with E-state index in [1.54, 1.807) is 28.7 Å². The summed E-state index contributed by atoms with van der Waals surface area (Å²) in [7, 11) is 0. The summed E-state index contributed by atoms with van der Waals surface area (Å²) < 4.78 is 28.7. The fourth-order valence-corrected chi connectivity index (χ4v) is 6.17. The summed E-state index contributed by atoms with van der Waals surface area (Å²) >= 11 is 1.63. The second kappa shape index (κ2) is 8.54. The highest BCUT2D eigenvalue weighted by molar-refractivity contribution is 7.17. The Hall–Kier alpha value is -3.20. The van der Waals surface area contributed by atoms with Crippen LogP contribution in [0.3, 0.4) is 0 Å². The summed E-state index contributed by atoms with van der Waals surface area (Å²) in [6, 6.07) is 5.84. The van der Waals surface area contributed by atoms with Gasteiger partial charge in [0.1, 0.15) is 12.1 Å². The van der Waals surface area contributed by atoms with E-state index in [0.29, 0.717) is 24.1 Å². The number of carbonyl (C=O) groups excluding carboxylic acids is 1. The largest absolute Gasteiger partial charge is 0.355 e. The van der Waals surface area contributed by atoms with Gasteiger partial charge in [0, 0.05) is 24.6 Å². The van der Waals surface area contributed by atoms with Crippen LogP contribution < -0.4 is 4.90 Å². The third-order valence-electron chi connectivity index (χ3n) is 7.09. The number of fused-ring (bicyclic) bond motifs is 2. The standard InChI is InChI=1S/C25H23F2N5OS/c26-19-6-5-15(13-20(19)27)22-17-3-1-2-4-18(17)25(33)32(30-22)16-7-10-31(11-8-16)24-23-21(9-12-34-23)28-14-29-24/h1-2,5-6,9,12-14,16-18H,3-4,7-8,10-11H2/t17-,18+/m0/s1. The Morgan fingerprint density at radius 3 is 2.56 bits per heavy atom. The SMILES string of the molecule is O=C1[C@@H]2CC=CC[C@@H]2C(c2ccc(F)c(F)c2)=NN1C1CCN(c2ncnc3ccsc23)CC1. The van der Waals surface area contributed by atoms with Crippen LogP contribution in [0, 0.1) is 23.5 Å². The zero-order valence-electron chi connectivity index (χ0n) is 18.4. The number of rotatable bonds is 3. The molecule has 0 radical (unpaired) electrons. The second-order valence-electron chi connectivity index (χ2n) is 9.00. The van der Waals surface area contributed by atoms with Crippen LogP contribution in [0.2, 0.25) is 0 Å². The first kappa shape index (κ1) is 21.3. The fourth-order valence-electron chi connectivity index (χ4n) is 5.31. The van der Waals surface area contributed by atoms with Crippen LogP contribution in [0.1, 0.15) is 31.2 Å². The van der Waals surface area contributed by atoms with Gasteiger partial charge >= 0.3 is 0 Å². The fraction of sp³-hybridized carbons (Fsp3) is 0.360. The molecule has 6 rings (SSSR count). The van der Waals surface area contributed by atoms with Gasteiger partial charge in [0.25, 0.3) is 0 Å². The van der Waals surface area contributed by atoms with Crippen molar-refractivity contribution in [2.24, 2.45) is 16.9 Å². The van der Waals surface area contributed by atoms with Crippen molar-refractivity contribution in [3.05, 3.63) is 65.3 Å². The minimum absolute atomic E-state index is 0.0295. The number of carbonyl (C=O) groups is 1. The second-order valence-corrected chi connectivity index (χ2v) is 9.92. The number of piperidine rings is 1. The van der Waals surface area contributed by atoms with E-state index in [4.69, 9.17) is 5.10 Å². The highest BCUT2D eigenvalue weighted by Crippen LogP contribution is 2.37. The molecular weight excluding hydrogens is 456 g/mol. The number of anilines is 1. The number of thiophene rings is 1. The molecule has 34 heavy (non-hydrogen) atoms. The molecule has 0 unspecified atom stereocenters. The van der Waals surface area contributed by atoms with Crippen molar-refractivity contribution in [3.8, 4) is 0 Å². The lowest BCUT2D eigenvalue weighted by atomic mass is 9.76. The molecule has 2 aliphatic heterocycles. The van der Waals surface area contributed by atoms with Gasteiger partial charge in [-0.25, -0.2) is 23.8 Å². The summed E-state index contributed by atoms with van der Waals surface area (Å²) in [6.45, 7) is 1.50. The van der Waals surface area contributed by atoms with Gasteiger partial charge in [-0.3, -0.25) is 4.79 Å². The Kier molecular flexibility index (Phi) is 5.36. The number of hydrogen-bond donors (Lipinski definition) is 0. The molecule has 3 aliphatic rings. The lowest BCUT2D eigenvalue weighted by Gasteiger charge is -2.42. The van der Waals surface area contributed by atoms with Crippen LogP contribution in [0.25, 0.3) is 10.2 Å². The summed E-state index contributed by atoms with van der Waals surface area (Å²) in [4.78, 5) is 24.6. The van der Waals surface area contributed by atoms with E-state index >= 15 is 0 Å². The smallest absolute Gasteiger partial charge is 0.247 e. The first-order valence-corrected chi connectivity index (χ1v) is 12.4. The molecule has 1 aromatic carbocycles. The summed E-state index contributed by atoms with van der Waals surface area (Å²) in [6.07, 6.45) is 8.50. The van der Waals surface area contributed by atoms with E-state index in [-0.39, 0.29) is 23.8 Å². The summed E-state index contributed by atoms with van der Waals surface area (Å²) in [5.74, 6) is -1.16.